The average molecular weight is 250 g/mol. The predicted octanol–water partition coefficient (Wildman–Crippen LogP) is 0.220. The van der Waals surface area contributed by atoms with Gasteiger partial charge in [-0.05, 0) is 25.2 Å². The quantitative estimate of drug-likeness (QED) is 0.810. The fourth-order valence-corrected chi connectivity index (χ4v) is 2.52. The minimum absolute atomic E-state index is 0.177. The molecule has 0 spiro atoms. The summed E-state index contributed by atoms with van der Waals surface area (Å²) in [5, 5.41) is 8.34. The Labute approximate surface area is 105 Å². The highest BCUT2D eigenvalue weighted by Crippen LogP contribution is 2.33. The Balaban J connectivity index is 1.87. The zero-order valence-electron chi connectivity index (χ0n) is 10.3. The number of nitrogens with two attached hydrogens (primary N) is 1. The van der Waals surface area contributed by atoms with Crippen molar-refractivity contribution in [3.8, 4) is 0 Å². The van der Waals surface area contributed by atoms with Crippen LogP contribution in [0.4, 0.5) is 0 Å². The van der Waals surface area contributed by atoms with E-state index in [4.69, 9.17) is 10.5 Å². The number of nitrogens with zero attached hydrogens (tertiary/aromatic N) is 3. The number of aromatic nitrogens is 3. The van der Waals surface area contributed by atoms with Gasteiger partial charge in [0.15, 0.2) is 0 Å². The van der Waals surface area contributed by atoms with Crippen LogP contribution in [0.2, 0.25) is 0 Å². The Morgan fingerprint density at radius 3 is 2.89 bits per heavy atom. The Bertz CT molecular complexity index is 447. The van der Waals surface area contributed by atoms with Crippen molar-refractivity contribution in [3.05, 3.63) is 11.4 Å². The molecule has 1 aliphatic heterocycles. The number of carbonyl (C=O) groups is 1. The molecule has 6 nitrogen and oxygen atoms in total. The molecule has 1 saturated carbocycles. The molecule has 2 N–H and O–H groups in total. The highest BCUT2D eigenvalue weighted by molar-refractivity contribution is 5.76. The molecule has 0 bridgehead atoms. The Hall–Kier alpha value is -1.43. The van der Waals surface area contributed by atoms with Crippen molar-refractivity contribution in [1.82, 2.24) is 15.0 Å². The minimum atomic E-state index is -0.353. The largest absolute Gasteiger partial charge is 0.381 e. The van der Waals surface area contributed by atoms with Crippen LogP contribution < -0.4 is 5.73 Å². The van der Waals surface area contributed by atoms with E-state index < -0.39 is 0 Å². The summed E-state index contributed by atoms with van der Waals surface area (Å²) in [4.78, 5) is 11.1. The maximum Gasteiger partial charge on any atom is 0.223 e. The van der Waals surface area contributed by atoms with E-state index in [-0.39, 0.29) is 12.3 Å². The summed E-state index contributed by atoms with van der Waals surface area (Å²) in [6.45, 7) is 2.39. The van der Waals surface area contributed by atoms with Crippen LogP contribution in [-0.2, 0) is 22.5 Å². The van der Waals surface area contributed by atoms with Gasteiger partial charge in [0.05, 0.1) is 24.4 Å². The maximum absolute atomic E-state index is 11.1. The van der Waals surface area contributed by atoms with Gasteiger partial charge in [0.2, 0.25) is 5.91 Å². The predicted molar refractivity (Wildman–Crippen MR) is 63.8 cm³/mol. The van der Waals surface area contributed by atoms with Crippen molar-refractivity contribution < 1.29 is 9.53 Å². The van der Waals surface area contributed by atoms with Crippen molar-refractivity contribution >= 4 is 5.91 Å². The molecule has 98 valence electrons. The molecular formula is C12H18N4O2. The molecule has 0 aromatic carbocycles. The van der Waals surface area contributed by atoms with Gasteiger partial charge in [-0.25, -0.2) is 4.68 Å². The first kappa shape index (κ1) is 11.6. The lowest BCUT2D eigenvalue weighted by Gasteiger charge is -2.12. The van der Waals surface area contributed by atoms with E-state index in [2.05, 4.69) is 10.3 Å². The van der Waals surface area contributed by atoms with E-state index in [0.29, 0.717) is 12.5 Å². The van der Waals surface area contributed by atoms with E-state index in [1.54, 1.807) is 0 Å². The van der Waals surface area contributed by atoms with Gasteiger partial charge in [0, 0.05) is 19.1 Å². The van der Waals surface area contributed by atoms with Crippen molar-refractivity contribution in [2.24, 2.45) is 11.7 Å². The van der Waals surface area contributed by atoms with Gasteiger partial charge < -0.3 is 10.5 Å². The fraction of sp³-hybridized carbons (Fsp3) is 0.750. The lowest BCUT2D eigenvalue weighted by atomic mass is 10.0. The number of primary amides is 1. The van der Waals surface area contributed by atoms with Gasteiger partial charge in [-0.3, -0.25) is 4.79 Å². The van der Waals surface area contributed by atoms with Crippen LogP contribution in [0.5, 0.6) is 0 Å². The van der Waals surface area contributed by atoms with Crippen molar-refractivity contribution in [3.63, 3.8) is 0 Å². The Morgan fingerprint density at radius 2 is 2.28 bits per heavy atom. The Kier molecular flexibility index (Phi) is 3.03. The number of hydrogen-bond acceptors (Lipinski definition) is 4. The van der Waals surface area contributed by atoms with Crippen molar-refractivity contribution in [2.45, 2.75) is 38.1 Å². The highest BCUT2D eigenvalue weighted by atomic mass is 16.5. The molecule has 1 amide bonds. The number of ether oxygens (including phenoxy) is 1. The van der Waals surface area contributed by atoms with Gasteiger partial charge in [-0.2, -0.15) is 0 Å². The monoisotopic (exact) mass is 250 g/mol. The first-order chi connectivity index (χ1) is 8.74. The lowest BCUT2D eigenvalue weighted by Crippen LogP contribution is -2.17. The van der Waals surface area contributed by atoms with Crippen LogP contribution in [0.1, 0.15) is 36.6 Å². The molecule has 1 aromatic rings. The zero-order chi connectivity index (χ0) is 12.5. The molecule has 1 aromatic heterocycles. The molecule has 1 unspecified atom stereocenters. The second-order valence-corrected chi connectivity index (χ2v) is 5.25. The standard InChI is InChI=1S/C12H18N4O2/c13-11(17)5-10-12(9-3-4-18-7-9)16(15-14-10)6-8-1-2-8/h8-9H,1-7H2,(H2,13,17). The summed E-state index contributed by atoms with van der Waals surface area (Å²) in [6.07, 6.45) is 3.69. The van der Waals surface area contributed by atoms with E-state index >= 15 is 0 Å². The third kappa shape index (κ3) is 2.38. The smallest absolute Gasteiger partial charge is 0.223 e. The fourth-order valence-electron chi connectivity index (χ4n) is 2.52. The van der Waals surface area contributed by atoms with Crippen LogP contribution in [-0.4, -0.2) is 34.1 Å². The van der Waals surface area contributed by atoms with Crippen LogP contribution in [0.15, 0.2) is 0 Å². The van der Waals surface area contributed by atoms with Gasteiger partial charge in [-0.15, -0.1) is 5.10 Å². The first-order valence-corrected chi connectivity index (χ1v) is 6.52. The number of amides is 1. The van der Waals surface area contributed by atoms with E-state index in [1.807, 2.05) is 4.68 Å². The van der Waals surface area contributed by atoms with Gasteiger partial charge in [0.25, 0.3) is 0 Å². The van der Waals surface area contributed by atoms with Crippen LogP contribution in [0.3, 0.4) is 0 Å². The van der Waals surface area contributed by atoms with Crippen molar-refractivity contribution in [2.75, 3.05) is 13.2 Å². The van der Waals surface area contributed by atoms with Crippen molar-refractivity contribution in [1.29, 1.82) is 0 Å². The van der Waals surface area contributed by atoms with E-state index in [0.717, 1.165) is 36.9 Å². The molecule has 6 heteroatoms. The van der Waals surface area contributed by atoms with Gasteiger partial charge in [0.1, 0.15) is 0 Å². The second-order valence-electron chi connectivity index (χ2n) is 5.25. The zero-order valence-corrected chi connectivity index (χ0v) is 10.3. The first-order valence-electron chi connectivity index (χ1n) is 6.52. The number of hydrogen-bond donors (Lipinski definition) is 1. The highest BCUT2D eigenvalue weighted by Gasteiger charge is 2.30. The topological polar surface area (TPSA) is 83.0 Å². The third-order valence-corrected chi connectivity index (χ3v) is 3.63. The molecule has 1 saturated heterocycles. The molecule has 3 rings (SSSR count). The lowest BCUT2D eigenvalue weighted by molar-refractivity contribution is -0.117. The minimum Gasteiger partial charge on any atom is -0.381 e. The van der Waals surface area contributed by atoms with Gasteiger partial charge in [-0.1, -0.05) is 5.21 Å². The van der Waals surface area contributed by atoms with Crippen LogP contribution in [0, 0.1) is 5.92 Å². The maximum atomic E-state index is 11.1. The molecule has 2 heterocycles. The van der Waals surface area contributed by atoms with Crippen LogP contribution in [0.25, 0.3) is 0 Å². The van der Waals surface area contributed by atoms with E-state index in [9.17, 15) is 4.79 Å². The SMILES string of the molecule is NC(=O)Cc1nnn(CC2CC2)c1C1CCOC1. The molecular weight excluding hydrogens is 232 g/mol. The van der Waals surface area contributed by atoms with E-state index in [1.165, 1.54) is 12.8 Å². The van der Waals surface area contributed by atoms with Crippen LogP contribution >= 0.6 is 0 Å². The summed E-state index contributed by atoms with van der Waals surface area (Å²) in [6, 6.07) is 0. The Morgan fingerprint density at radius 1 is 1.44 bits per heavy atom. The average Bonchev–Trinajstić information content (AvgIpc) is 2.83. The number of rotatable bonds is 5. The molecule has 18 heavy (non-hydrogen) atoms. The molecule has 2 aliphatic rings. The summed E-state index contributed by atoms with van der Waals surface area (Å²) in [5.41, 5.74) is 7.07. The second kappa shape index (κ2) is 4.68. The van der Waals surface area contributed by atoms with Gasteiger partial charge >= 0.3 is 0 Å². The summed E-state index contributed by atoms with van der Waals surface area (Å²) < 4.78 is 7.40. The summed E-state index contributed by atoms with van der Waals surface area (Å²) in [5.74, 6) is 0.691. The molecule has 1 aliphatic carbocycles. The molecule has 0 radical (unpaired) electrons. The summed E-state index contributed by atoms with van der Waals surface area (Å²) in [7, 11) is 0. The molecule has 2 fully saturated rings. The normalized spacial score (nSPS) is 23.4. The summed E-state index contributed by atoms with van der Waals surface area (Å²) >= 11 is 0. The third-order valence-electron chi connectivity index (χ3n) is 3.63. The number of carbonyl (C=O) groups excluding carboxylic acids is 1. The molecule has 1 atom stereocenters.